The van der Waals surface area contributed by atoms with Gasteiger partial charge in [0.15, 0.2) is 15.0 Å². The predicted octanol–water partition coefficient (Wildman–Crippen LogP) is 1.57. The molecule has 2 heterocycles. The molecule has 0 bridgehead atoms. The van der Waals surface area contributed by atoms with E-state index in [-0.39, 0.29) is 28.7 Å². The van der Waals surface area contributed by atoms with E-state index in [1.807, 2.05) is 29.2 Å². The molecule has 0 saturated carbocycles. The van der Waals surface area contributed by atoms with Gasteiger partial charge < -0.3 is 9.64 Å². The maximum Gasteiger partial charge on any atom is 0.262 e. The number of sulfone groups is 1. The molecule has 2 unspecified atom stereocenters. The van der Waals surface area contributed by atoms with Crippen LogP contribution in [-0.4, -0.2) is 66.7 Å². The van der Waals surface area contributed by atoms with E-state index < -0.39 is 15.7 Å². The molecule has 136 valence electrons. The van der Waals surface area contributed by atoms with Gasteiger partial charge in [0.25, 0.3) is 5.91 Å². The van der Waals surface area contributed by atoms with E-state index in [0.29, 0.717) is 11.7 Å². The van der Waals surface area contributed by atoms with Crippen molar-refractivity contribution < 1.29 is 17.9 Å². The van der Waals surface area contributed by atoms with Gasteiger partial charge in [-0.05, 0) is 24.1 Å². The number of hydrogen-bond acceptors (Lipinski definition) is 5. The van der Waals surface area contributed by atoms with Crippen molar-refractivity contribution in [1.29, 1.82) is 0 Å². The van der Waals surface area contributed by atoms with Crippen molar-refractivity contribution >= 4 is 44.3 Å². The van der Waals surface area contributed by atoms with Crippen molar-refractivity contribution in [3.8, 4) is 5.75 Å². The Bertz CT molecular complexity index is 780. The highest BCUT2D eigenvalue weighted by Gasteiger charge is 2.48. The third-order valence-electron chi connectivity index (χ3n) is 4.31. The van der Waals surface area contributed by atoms with E-state index in [2.05, 4.69) is 4.99 Å². The van der Waals surface area contributed by atoms with Crippen LogP contribution in [0.5, 0.6) is 5.75 Å². The molecule has 2 aliphatic heterocycles. The summed E-state index contributed by atoms with van der Waals surface area (Å²) in [7, 11) is -1.41. The van der Waals surface area contributed by atoms with Crippen LogP contribution in [0.25, 0.3) is 0 Å². The molecule has 1 aromatic rings. The number of benzene rings is 1. The molecule has 0 spiro atoms. The number of carbonyl (C=O) groups is 1. The molecule has 9 heteroatoms. The first-order valence-electron chi connectivity index (χ1n) is 7.86. The first-order valence-corrected chi connectivity index (χ1v) is 11.1. The van der Waals surface area contributed by atoms with Crippen LogP contribution in [0.1, 0.15) is 5.56 Å². The van der Waals surface area contributed by atoms with E-state index in [4.69, 9.17) is 16.3 Å². The Morgan fingerprint density at radius 2 is 2.08 bits per heavy atom. The largest absolute Gasteiger partial charge is 0.497 e. The number of amidine groups is 1. The van der Waals surface area contributed by atoms with E-state index >= 15 is 0 Å². The molecule has 0 aliphatic carbocycles. The highest BCUT2D eigenvalue weighted by atomic mass is 35.5. The lowest BCUT2D eigenvalue weighted by Crippen LogP contribution is -2.39. The number of nitrogens with zero attached hydrogens (tertiary/aromatic N) is 2. The summed E-state index contributed by atoms with van der Waals surface area (Å²) in [5, 5.41) is 0.520. The predicted molar refractivity (Wildman–Crippen MR) is 100 cm³/mol. The number of carbonyl (C=O) groups excluding carboxylic acids is 1. The minimum atomic E-state index is -3.03. The summed E-state index contributed by atoms with van der Waals surface area (Å²) in [5.74, 6) is 0.458. The van der Waals surface area contributed by atoms with Gasteiger partial charge in [-0.1, -0.05) is 23.9 Å². The van der Waals surface area contributed by atoms with Crippen molar-refractivity contribution in [3.63, 3.8) is 0 Å². The molecule has 2 aliphatic rings. The van der Waals surface area contributed by atoms with E-state index in [1.165, 1.54) is 11.8 Å². The van der Waals surface area contributed by atoms with Gasteiger partial charge in [0.2, 0.25) is 0 Å². The maximum absolute atomic E-state index is 11.9. The molecule has 3 rings (SSSR count). The molecule has 25 heavy (non-hydrogen) atoms. The van der Waals surface area contributed by atoms with Gasteiger partial charge in [0, 0.05) is 11.8 Å². The molecule has 1 aromatic carbocycles. The van der Waals surface area contributed by atoms with E-state index in [9.17, 15) is 13.2 Å². The molecule has 1 amide bonds. The number of alkyl halides is 1. The second-order valence-corrected chi connectivity index (χ2v) is 9.64. The van der Waals surface area contributed by atoms with Gasteiger partial charge in [-0.15, -0.1) is 11.6 Å². The lowest BCUT2D eigenvalue weighted by molar-refractivity contribution is -0.115. The average Bonchev–Trinajstić information content (AvgIpc) is 3.04. The fraction of sp³-hybridized carbons (Fsp3) is 0.500. The fourth-order valence-corrected chi connectivity index (χ4v) is 7.13. The van der Waals surface area contributed by atoms with Crippen LogP contribution < -0.4 is 4.74 Å². The van der Waals surface area contributed by atoms with Crippen LogP contribution in [-0.2, 0) is 21.1 Å². The third-order valence-corrected chi connectivity index (χ3v) is 7.79. The number of fused-ring (bicyclic) bond motifs is 1. The Morgan fingerprint density at radius 1 is 1.36 bits per heavy atom. The van der Waals surface area contributed by atoms with Crippen molar-refractivity contribution in [2.24, 2.45) is 4.99 Å². The van der Waals surface area contributed by atoms with Gasteiger partial charge in [-0.2, -0.15) is 4.99 Å². The fourth-order valence-electron chi connectivity index (χ4n) is 3.08. The molecular formula is C16H19ClN2O4S2. The molecule has 2 saturated heterocycles. The Kier molecular flexibility index (Phi) is 5.60. The van der Waals surface area contributed by atoms with Gasteiger partial charge in [0.1, 0.15) is 11.6 Å². The number of amides is 1. The van der Waals surface area contributed by atoms with Crippen molar-refractivity contribution in [2.45, 2.75) is 17.7 Å². The van der Waals surface area contributed by atoms with Gasteiger partial charge in [-0.25, -0.2) is 8.42 Å². The zero-order valence-corrected chi connectivity index (χ0v) is 16.1. The number of aliphatic imine (C=N–C) groups is 1. The first-order chi connectivity index (χ1) is 11.9. The van der Waals surface area contributed by atoms with Crippen LogP contribution in [0.3, 0.4) is 0 Å². The van der Waals surface area contributed by atoms with E-state index in [0.717, 1.165) is 17.7 Å². The summed E-state index contributed by atoms with van der Waals surface area (Å²) in [5.41, 5.74) is 1.11. The van der Waals surface area contributed by atoms with Crippen molar-refractivity contribution in [2.75, 3.05) is 31.0 Å². The van der Waals surface area contributed by atoms with Gasteiger partial charge in [0.05, 0.1) is 24.7 Å². The monoisotopic (exact) mass is 402 g/mol. The van der Waals surface area contributed by atoms with Crippen LogP contribution in [0, 0.1) is 0 Å². The maximum atomic E-state index is 11.9. The molecule has 0 radical (unpaired) electrons. The minimum absolute atomic E-state index is 0.0669. The van der Waals surface area contributed by atoms with Crippen molar-refractivity contribution in [3.05, 3.63) is 29.8 Å². The summed E-state index contributed by atoms with van der Waals surface area (Å²) < 4.78 is 29.0. The SMILES string of the molecule is COc1ccc(CCN2C(=NC(=O)CCl)SC3CS(=O)(=O)CC32)cc1. The van der Waals surface area contributed by atoms with Crippen LogP contribution in [0.2, 0.25) is 0 Å². The molecule has 2 atom stereocenters. The summed E-state index contributed by atoms with van der Waals surface area (Å²) >= 11 is 6.93. The Morgan fingerprint density at radius 3 is 2.72 bits per heavy atom. The molecular weight excluding hydrogens is 384 g/mol. The Hall–Kier alpha value is -1.25. The molecule has 6 nitrogen and oxygen atoms in total. The lowest BCUT2D eigenvalue weighted by Gasteiger charge is -2.24. The third kappa shape index (κ3) is 4.30. The smallest absolute Gasteiger partial charge is 0.262 e. The molecule has 2 fully saturated rings. The second-order valence-electron chi connectivity index (χ2n) is 6.01. The topological polar surface area (TPSA) is 76.0 Å². The molecule has 0 aromatic heterocycles. The zero-order chi connectivity index (χ0) is 18.0. The van der Waals surface area contributed by atoms with Gasteiger partial charge in [-0.3, -0.25) is 4.79 Å². The first kappa shape index (κ1) is 18.5. The van der Waals surface area contributed by atoms with Crippen molar-refractivity contribution in [1.82, 2.24) is 4.90 Å². The standard InChI is InChI=1S/C16H19ClN2O4S2/c1-23-12-4-2-11(3-5-12)6-7-19-13-9-25(21,22)10-14(13)24-16(19)18-15(20)8-17/h2-5,13-14H,6-10H2,1H3. The Labute approximate surface area is 156 Å². The highest BCUT2D eigenvalue weighted by molar-refractivity contribution is 8.15. The van der Waals surface area contributed by atoms with E-state index in [1.54, 1.807) is 7.11 Å². The number of methoxy groups -OCH3 is 1. The number of halogens is 1. The lowest BCUT2D eigenvalue weighted by atomic mass is 10.1. The number of thioether (sulfide) groups is 1. The summed E-state index contributed by atoms with van der Waals surface area (Å²) in [6.07, 6.45) is 0.724. The number of hydrogen-bond donors (Lipinski definition) is 0. The molecule has 0 N–H and O–H groups in total. The average molecular weight is 403 g/mol. The van der Waals surface area contributed by atoms with Crippen LogP contribution >= 0.6 is 23.4 Å². The van der Waals surface area contributed by atoms with Gasteiger partial charge >= 0.3 is 0 Å². The normalized spacial score (nSPS) is 26.0. The highest BCUT2D eigenvalue weighted by Crippen LogP contribution is 2.38. The number of rotatable bonds is 5. The van der Waals surface area contributed by atoms with Crippen LogP contribution in [0.15, 0.2) is 29.3 Å². The summed E-state index contributed by atoms with van der Waals surface area (Å²) in [6, 6.07) is 7.61. The summed E-state index contributed by atoms with van der Waals surface area (Å²) in [6.45, 7) is 0.602. The quantitative estimate of drug-likeness (QED) is 0.696. The second kappa shape index (κ2) is 7.55. The Balaban J connectivity index is 1.76. The minimum Gasteiger partial charge on any atom is -0.497 e. The zero-order valence-electron chi connectivity index (χ0n) is 13.7. The summed E-state index contributed by atoms with van der Waals surface area (Å²) in [4.78, 5) is 17.6. The number of ether oxygens (including phenoxy) is 1. The van der Waals surface area contributed by atoms with Crippen LogP contribution in [0.4, 0.5) is 0 Å².